The molecule has 3 N–H and O–H groups in total. The maximum absolute atomic E-state index is 13.2. The number of aromatic amines is 1. The van der Waals surface area contributed by atoms with E-state index in [0.29, 0.717) is 16.6 Å². The van der Waals surface area contributed by atoms with Crippen LogP contribution < -0.4 is 4.72 Å². The molecule has 0 radical (unpaired) electrons. The van der Waals surface area contributed by atoms with Crippen LogP contribution in [0.4, 0.5) is 13.2 Å². The van der Waals surface area contributed by atoms with Gasteiger partial charge in [-0.3, -0.25) is 0 Å². The number of hydrogen-bond acceptors (Lipinski definition) is 5. The van der Waals surface area contributed by atoms with E-state index in [-0.39, 0.29) is 34.9 Å². The van der Waals surface area contributed by atoms with E-state index in [4.69, 9.17) is 0 Å². The Morgan fingerprint density at radius 3 is 2.37 bits per heavy atom. The second-order valence-electron chi connectivity index (χ2n) is 8.98. The number of sulfonamides is 1. The van der Waals surface area contributed by atoms with Gasteiger partial charge < -0.3 is 10.1 Å². The highest BCUT2D eigenvalue weighted by atomic mass is 32.2. The molecule has 0 unspecified atom stereocenters. The first-order chi connectivity index (χ1) is 16.5. The Balaban J connectivity index is 1.56. The minimum absolute atomic E-state index is 0.0491. The number of aromatic carboxylic acids is 1. The normalized spacial score (nSPS) is 17.9. The summed E-state index contributed by atoms with van der Waals surface area (Å²) in [7, 11) is -4.42. The molecule has 2 aliphatic rings. The van der Waals surface area contributed by atoms with Crippen molar-refractivity contribution >= 4 is 38.8 Å². The number of carboxylic acids is 1. The van der Waals surface area contributed by atoms with E-state index in [1.165, 1.54) is 36.0 Å². The molecule has 0 aliphatic heterocycles. The van der Waals surface area contributed by atoms with Gasteiger partial charge in [-0.15, -0.1) is 11.8 Å². The van der Waals surface area contributed by atoms with Crippen molar-refractivity contribution < 1.29 is 31.5 Å². The fraction of sp³-hybridized carbons (Fsp3) is 0.391. The molecule has 2 heterocycles. The summed E-state index contributed by atoms with van der Waals surface area (Å²) in [6.07, 6.45) is 1.34. The number of H-pyrrole nitrogens is 1. The fourth-order valence-corrected chi connectivity index (χ4v) is 6.64. The zero-order valence-electron chi connectivity index (χ0n) is 18.6. The number of rotatable bonds is 7. The number of hydrogen-bond donors (Lipinski definition) is 3. The van der Waals surface area contributed by atoms with Gasteiger partial charge in [0.1, 0.15) is 11.2 Å². The maximum atomic E-state index is 13.2. The van der Waals surface area contributed by atoms with E-state index in [9.17, 15) is 31.5 Å². The molecule has 0 saturated heterocycles. The van der Waals surface area contributed by atoms with E-state index in [0.717, 1.165) is 29.7 Å². The molecule has 2 fully saturated rings. The monoisotopic (exact) mass is 525 g/mol. The van der Waals surface area contributed by atoms with Crippen LogP contribution in [0, 0.1) is 0 Å². The van der Waals surface area contributed by atoms with Crippen molar-refractivity contribution in [1.82, 2.24) is 14.7 Å². The van der Waals surface area contributed by atoms with Crippen LogP contribution in [0.5, 0.6) is 0 Å². The topological polar surface area (TPSA) is 112 Å². The van der Waals surface area contributed by atoms with Gasteiger partial charge in [0.25, 0.3) is 0 Å². The quantitative estimate of drug-likeness (QED) is 0.362. The third-order valence-corrected chi connectivity index (χ3v) is 9.17. The summed E-state index contributed by atoms with van der Waals surface area (Å²) in [6, 6.07) is 5.12. The molecule has 12 heteroatoms. The first-order valence-electron chi connectivity index (χ1n) is 11.0. The molecule has 7 nitrogen and oxygen atoms in total. The van der Waals surface area contributed by atoms with Gasteiger partial charge in [0.15, 0.2) is 0 Å². The van der Waals surface area contributed by atoms with Crippen LogP contribution in [0.15, 0.2) is 40.3 Å². The average Bonchev–Trinajstić information content (AvgIpc) is 3.43. The summed E-state index contributed by atoms with van der Waals surface area (Å²) in [4.78, 5) is 20.4. The van der Waals surface area contributed by atoms with Crippen LogP contribution in [0.3, 0.4) is 0 Å². The molecule has 0 atom stereocenters. The number of pyridine rings is 1. The lowest BCUT2D eigenvalue weighted by molar-refractivity contribution is -0.160. The highest BCUT2D eigenvalue weighted by Crippen LogP contribution is 2.50. The smallest absolute Gasteiger partial charge is 0.407 e. The highest BCUT2D eigenvalue weighted by Gasteiger charge is 2.65. The summed E-state index contributed by atoms with van der Waals surface area (Å²) in [5.74, 6) is -0.905. The van der Waals surface area contributed by atoms with Gasteiger partial charge in [-0.05, 0) is 61.1 Å². The maximum Gasteiger partial charge on any atom is 0.407 e. The number of nitrogens with zero attached hydrogens (tertiary/aromatic N) is 1. The number of nitrogens with one attached hydrogen (secondary N) is 2. The van der Waals surface area contributed by atoms with Gasteiger partial charge in [-0.1, -0.05) is 18.6 Å². The van der Waals surface area contributed by atoms with Gasteiger partial charge in [-0.25, -0.2) is 18.2 Å². The number of benzene rings is 1. The number of carbonyl (C=O) groups is 1. The van der Waals surface area contributed by atoms with Crippen molar-refractivity contribution in [2.75, 3.05) is 6.26 Å². The first kappa shape index (κ1) is 24.1. The lowest BCUT2D eigenvalue weighted by Crippen LogP contribution is -2.47. The minimum atomic E-state index is -4.68. The highest BCUT2D eigenvalue weighted by molar-refractivity contribution is 7.98. The number of carboxylic acid groups (broad SMARTS) is 1. The zero-order valence-corrected chi connectivity index (χ0v) is 20.2. The molecular weight excluding hydrogens is 503 g/mol. The average molecular weight is 526 g/mol. The summed E-state index contributed by atoms with van der Waals surface area (Å²) in [5.41, 5.74) is -0.328. The van der Waals surface area contributed by atoms with Crippen LogP contribution in [-0.4, -0.2) is 47.4 Å². The van der Waals surface area contributed by atoms with Crippen molar-refractivity contribution in [2.45, 2.75) is 59.5 Å². The van der Waals surface area contributed by atoms with Gasteiger partial charge in [0, 0.05) is 16.5 Å². The van der Waals surface area contributed by atoms with Crippen LogP contribution in [-0.2, 0) is 10.0 Å². The molecule has 1 aromatic carbocycles. The van der Waals surface area contributed by atoms with Gasteiger partial charge >= 0.3 is 12.1 Å². The van der Waals surface area contributed by atoms with Crippen LogP contribution in [0.25, 0.3) is 22.3 Å². The van der Waals surface area contributed by atoms with Crippen molar-refractivity contribution in [3.05, 3.63) is 41.6 Å². The Labute approximate surface area is 203 Å². The van der Waals surface area contributed by atoms with Crippen LogP contribution in [0.2, 0.25) is 0 Å². The number of fused-ring (bicyclic) bond motifs is 1. The van der Waals surface area contributed by atoms with E-state index in [2.05, 4.69) is 9.97 Å². The Hall–Kier alpha value is -2.57. The Bertz CT molecular complexity index is 1420. The molecular formula is C23H22F3N3O4S2. The molecule has 0 spiro atoms. The summed E-state index contributed by atoms with van der Waals surface area (Å²) < 4.78 is 66.7. The van der Waals surface area contributed by atoms with E-state index >= 15 is 0 Å². The third-order valence-electron chi connectivity index (χ3n) is 6.85. The predicted octanol–water partition coefficient (Wildman–Crippen LogP) is 5.29. The summed E-state index contributed by atoms with van der Waals surface area (Å²) >= 11 is 1.51. The summed E-state index contributed by atoms with van der Waals surface area (Å²) in [6.45, 7) is 0. The Morgan fingerprint density at radius 1 is 1.23 bits per heavy atom. The molecule has 5 rings (SSSR count). The summed E-state index contributed by atoms with van der Waals surface area (Å²) in [5, 5.41) is 10.6. The van der Waals surface area contributed by atoms with Crippen molar-refractivity contribution in [3.8, 4) is 11.3 Å². The Kier molecular flexibility index (Phi) is 5.68. The number of alkyl halides is 3. The number of aromatic nitrogens is 2. The lowest BCUT2D eigenvalue weighted by atomic mass is 9.78. The molecule has 186 valence electrons. The van der Waals surface area contributed by atoms with Crippen LogP contribution in [0.1, 0.15) is 53.9 Å². The fourth-order valence-electron chi connectivity index (χ4n) is 4.54. The largest absolute Gasteiger partial charge is 0.478 e. The van der Waals surface area contributed by atoms with Gasteiger partial charge in [0.05, 0.1) is 16.2 Å². The molecule has 0 amide bonds. The number of thioether (sulfide) groups is 1. The molecule has 3 aromatic rings. The number of halogens is 3. The van der Waals surface area contributed by atoms with Crippen molar-refractivity contribution in [2.24, 2.45) is 0 Å². The van der Waals surface area contributed by atoms with E-state index in [1.54, 1.807) is 10.9 Å². The molecule has 2 saturated carbocycles. The van der Waals surface area contributed by atoms with E-state index in [1.807, 2.05) is 6.26 Å². The molecule has 2 aliphatic carbocycles. The second kappa shape index (κ2) is 8.24. The zero-order chi connectivity index (χ0) is 25.2. The van der Waals surface area contributed by atoms with Crippen molar-refractivity contribution in [3.63, 3.8) is 0 Å². The molecule has 0 bridgehead atoms. The van der Waals surface area contributed by atoms with Gasteiger partial charge in [0.2, 0.25) is 10.0 Å². The Morgan fingerprint density at radius 2 is 1.89 bits per heavy atom. The van der Waals surface area contributed by atoms with Crippen LogP contribution >= 0.6 is 11.8 Å². The van der Waals surface area contributed by atoms with E-state index < -0.39 is 27.7 Å². The minimum Gasteiger partial charge on any atom is -0.478 e. The molecule has 2 aromatic heterocycles. The first-order valence-corrected chi connectivity index (χ1v) is 13.7. The van der Waals surface area contributed by atoms with Crippen molar-refractivity contribution in [1.29, 1.82) is 0 Å². The standard InChI is InChI=1S/C23H22F3N3O4S2/c1-34-15-11-27-20-17(16(15)12-3-2-4-12)18(21(30)31)19(28-20)13-5-7-14(8-6-13)35(32,33)29-22(9-10-22)23(24,25)26/h5-8,11-12,29H,2-4,9-10H2,1H3,(H,27,28)(H,30,31). The predicted molar refractivity (Wildman–Crippen MR) is 125 cm³/mol. The SMILES string of the molecule is CSc1cnc2[nH]c(-c3ccc(S(=O)(=O)NC4(C(F)(F)F)CC4)cc3)c(C(=O)O)c2c1C1CCC1. The second-order valence-corrected chi connectivity index (χ2v) is 11.5. The van der Waals surface area contributed by atoms with Gasteiger partial charge in [-0.2, -0.15) is 17.9 Å². The third kappa shape index (κ3) is 4.01. The molecule has 35 heavy (non-hydrogen) atoms. The lowest BCUT2D eigenvalue weighted by Gasteiger charge is -2.28.